The molecule has 9 nitrogen and oxygen atoms in total. The average molecular weight is 419 g/mol. The van der Waals surface area contributed by atoms with Gasteiger partial charge < -0.3 is 25.0 Å². The van der Waals surface area contributed by atoms with Crippen LogP contribution in [0.25, 0.3) is 0 Å². The quantitative estimate of drug-likeness (QED) is 0.392. The highest BCUT2D eigenvalue weighted by Gasteiger charge is 2.82. The first-order valence-corrected chi connectivity index (χ1v) is 10.3. The monoisotopic (exact) mass is 419 g/mol. The predicted octanol–water partition coefficient (Wildman–Crippen LogP) is -0.755. The maximum atomic E-state index is 14.1. The number of esters is 1. The summed E-state index contributed by atoms with van der Waals surface area (Å²) in [5.74, 6) is -4.08. The Hall–Kier alpha value is -2.10. The van der Waals surface area contributed by atoms with Crippen LogP contribution in [0.4, 0.5) is 0 Å². The van der Waals surface area contributed by atoms with Crippen molar-refractivity contribution >= 4 is 23.4 Å². The Labute approximate surface area is 172 Å². The number of aliphatic hydroxyl groups excluding tert-OH is 2. The van der Waals surface area contributed by atoms with Gasteiger partial charge in [-0.15, -0.1) is 0 Å². The minimum Gasteiger partial charge on any atom is -0.459 e. The number of hydrogen-bond donors (Lipinski definition) is 3. The van der Waals surface area contributed by atoms with Crippen molar-refractivity contribution in [3.05, 3.63) is 11.1 Å². The third-order valence-electron chi connectivity index (χ3n) is 8.53. The third-order valence-corrected chi connectivity index (χ3v) is 8.53. The van der Waals surface area contributed by atoms with Gasteiger partial charge in [-0.3, -0.25) is 19.2 Å². The first kappa shape index (κ1) is 19.8. The Morgan fingerprint density at radius 1 is 1.20 bits per heavy atom. The fourth-order valence-electron chi connectivity index (χ4n) is 7.16. The lowest BCUT2D eigenvalue weighted by molar-refractivity contribution is -0.205. The van der Waals surface area contributed by atoms with Crippen molar-refractivity contribution in [2.75, 3.05) is 13.7 Å². The molecule has 1 spiro atoms. The number of hydrogen-bond acceptors (Lipinski definition) is 8. The molecule has 1 saturated carbocycles. The maximum absolute atomic E-state index is 14.1. The number of ether oxygens (including phenoxy) is 2. The molecule has 8 atom stereocenters. The number of rotatable bonds is 2. The third kappa shape index (κ3) is 1.82. The van der Waals surface area contributed by atoms with Gasteiger partial charge in [0.15, 0.2) is 5.78 Å². The Balaban J connectivity index is 1.81. The molecule has 0 aromatic heterocycles. The van der Waals surface area contributed by atoms with Crippen molar-refractivity contribution in [3.8, 4) is 0 Å². The Morgan fingerprint density at radius 2 is 1.90 bits per heavy atom. The molecule has 3 aliphatic carbocycles. The molecule has 9 heteroatoms. The van der Waals surface area contributed by atoms with Gasteiger partial charge in [0.25, 0.3) is 0 Å². The molecule has 2 aliphatic heterocycles. The van der Waals surface area contributed by atoms with Gasteiger partial charge in [0.1, 0.15) is 29.4 Å². The van der Waals surface area contributed by atoms with Crippen molar-refractivity contribution in [2.45, 2.75) is 51.5 Å². The number of carbonyl (C=O) groups excluding carboxylic acids is 4. The molecule has 2 heterocycles. The van der Waals surface area contributed by atoms with Gasteiger partial charge in [0, 0.05) is 30.4 Å². The summed E-state index contributed by atoms with van der Waals surface area (Å²) in [6, 6.07) is 0. The smallest absolute Gasteiger partial charge is 0.315 e. The molecule has 30 heavy (non-hydrogen) atoms. The van der Waals surface area contributed by atoms with Gasteiger partial charge in [-0.2, -0.15) is 0 Å². The molecule has 0 aromatic carbocycles. The predicted molar refractivity (Wildman–Crippen MR) is 98.4 cm³/mol. The van der Waals surface area contributed by atoms with Gasteiger partial charge in [-0.05, 0) is 18.4 Å². The summed E-state index contributed by atoms with van der Waals surface area (Å²) >= 11 is 0. The van der Waals surface area contributed by atoms with E-state index in [0.717, 1.165) is 0 Å². The zero-order valence-corrected chi connectivity index (χ0v) is 17.1. The van der Waals surface area contributed by atoms with E-state index in [2.05, 4.69) is 5.32 Å². The zero-order valence-electron chi connectivity index (χ0n) is 17.1. The van der Waals surface area contributed by atoms with E-state index >= 15 is 0 Å². The fraction of sp³-hybridized carbons (Fsp3) is 0.714. The number of carbonyl (C=O) groups is 4. The van der Waals surface area contributed by atoms with Crippen LogP contribution in [0.3, 0.4) is 0 Å². The molecule has 0 unspecified atom stereocenters. The van der Waals surface area contributed by atoms with Crippen LogP contribution < -0.4 is 5.32 Å². The molecule has 3 fully saturated rings. The van der Waals surface area contributed by atoms with Crippen molar-refractivity contribution < 1.29 is 38.9 Å². The second-order valence-corrected chi connectivity index (χ2v) is 9.60. The van der Waals surface area contributed by atoms with Crippen LogP contribution in [0.15, 0.2) is 11.1 Å². The van der Waals surface area contributed by atoms with Crippen LogP contribution in [0.2, 0.25) is 0 Å². The number of amides is 1. The number of ketones is 2. The number of Topliss-reactive ketones (excluding diaryl/α,β-unsaturated/α-hetero) is 2. The summed E-state index contributed by atoms with van der Waals surface area (Å²) in [5, 5.41) is 24.0. The van der Waals surface area contributed by atoms with E-state index in [1.165, 1.54) is 7.11 Å². The summed E-state index contributed by atoms with van der Waals surface area (Å²) < 4.78 is 10.8. The first-order valence-electron chi connectivity index (χ1n) is 10.3. The highest BCUT2D eigenvalue weighted by Crippen LogP contribution is 2.70. The molecule has 1 amide bonds. The molecule has 2 saturated heterocycles. The van der Waals surface area contributed by atoms with Crippen LogP contribution in [0.5, 0.6) is 0 Å². The summed E-state index contributed by atoms with van der Waals surface area (Å²) in [5.41, 5.74) is -3.62. The van der Waals surface area contributed by atoms with Crippen molar-refractivity contribution in [1.29, 1.82) is 0 Å². The number of cyclic esters (lactones) is 1. The molecule has 0 bridgehead atoms. The molecule has 162 valence electrons. The molecular formula is C21H25NO8. The number of aliphatic hydroxyl groups is 2. The maximum Gasteiger partial charge on any atom is 0.315 e. The van der Waals surface area contributed by atoms with Crippen LogP contribution in [-0.2, 0) is 28.7 Å². The van der Waals surface area contributed by atoms with Gasteiger partial charge in [0.05, 0.1) is 18.1 Å². The molecule has 3 N–H and O–H groups in total. The lowest BCUT2D eigenvalue weighted by atomic mass is 9.53. The average Bonchev–Trinajstić information content (AvgIpc) is 3.19. The number of fused-ring (bicyclic) bond motifs is 3. The van der Waals surface area contributed by atoms with E-state index in [1.807, 2.05) is 0 Å². The van der Waals surface area contributed by atoms with Gasteiger partial charge in [-0.1, -0.05) is 13.8 Å². The SMILES string of the molecule is COC[C@H]1OC(=O)[C@@H]2[C@H](O)NC(=O)[C@@]23C(=O)C2=C([C@H](O)C[C@]4(C)C(=O)CC[C@@H]24)[C@@]13C. The first-order chi connectivity index (χ1) is 14.1. The van der Waals surface area contributed by atoms with Crippen LogP contribution in [-0.4, -0.2) is 65.8 Å². The van der Waals surface area contributed by atoms with Crippen molar-refractivity contribution in [1.82, 2.24) is 5.32 Å². The minimum atomic E-state index is -1.94. The fourth-order valence-corrected chi connectivity index (χ4v) is 7.16. The summed E-state index contributed by atoms with van der Waals surface area (Å²) in [4.78, 5) is 52.9. The topological polar surface area (TPSA) is 139 Å². The van der Waals surface area contributed by atoms with Crippen molar-refractivity contribution in [3.63, 3.8) is 0 Å². The minimum absolute atomic E-state index is 0.0170. The summed E-state index contributed by atoms with van der Waals surface area (Å²) in [6.07, 6.45) is -2.87. The molecule has 0 aromatic rings. The van der Waals surface area contributed by atoms with Gasteiger partial charge in [-0.25, -0.2) is 0 Å². The lowest BCUT2D eigenvalue weighted by Gasteiger charge is -2.51. The van der Waals surface area contributed by atoms with E-state index in [4.69, 9.17) is 9.47 Å². The van der Waals surface area contributed by atoms with Crippen LogP contribution in [0, 0.1) is 28.1 Å². The highest BCUT2D eigenvalue weighted by atomic mass is 16.6. The van der Waals surface area contributed by atoms with Gasteiger partial charge in [0.2, 0.25) is 5.91 Å². The summed E-state index contributed by atoms with van der Waals surface area (Å²) in [6.45, 7) is 3.30. The second-order valence-electron chi connectivity index (χ2n) is 9.60. The Morgan fingerprint density at radius 3 is 2.57 bits per heavy atom. The van der Waals surface area contributed by atoms with Crippen LogP contribution in [0.1, 0.15) is 33.1 Å². The van der Waals surface area contributed by atoms with E-state index in [1.54, 1.807) is 13.8 Å². The largest absolute Gasteiger partial charge is 0.459 e. The van der Waals surface area contributed by atoms with Gasteiger partial charge >= 0.3 is 5.97 Å². The van der Waals surface area contributed by atoms with E-state index < -0.39 is 64.2 Å². The van der Waals surface area contributed by atoms with E-state index in [0.29, 0.717) is 12.0 Å². The standard InChI is InChI=1S/C21H25NO8/c1-19-6-9(23)13-12(8(19)4-5-10(19)24)15(25)21-14(16(26)22-18(21)28)17(27)30-11(7-29-3)20(13,21)2/h8-9,11,14,16,23,26H,4-7H2,1-3H3,(H,22,28)/t8-,9+,11+,14-,16-,19-,20+,21-/m0/s1. The summed E-state index contributed by atoms with van der Waals surface area (Å²) in [7, 11) is 1.41. The molecule has 0 radical (unpaired) electrons. The Bertz CT molecular complexity index is 941. The Kier molecular flexibility index (Phi) is 3.82. The second kappa shape index (κ2) is 5.77. The van der Waals surface area contributed by atoms with E-state index in [9.17, 15) is 29.4 Å². The van der Waals surface area contributed by atoms with Crippen LogP contribution >= 0.6 is 0 Å². The zero-order chi connectivity index (χ0) is 21.8. The molecule has 5 aliphatic rings. The number of methoxy groups -OCH3 is 1. The molecular weight excluding hydrogens is 394 g/mol. The number of allylic oxidation sites excluding steroid dienone is 1. The molecule has 5 rings (SSSR count). The normalized spacial score (nSPS) is 49.4. The number of nitrogens with one attached hydrogen (secondary N) is 1. The highest BCUT2D eigenvalue weighted by molar-refractivity contribution is 6.22. The lowest BCUT2D eigenvalue weighted by Crippen LogP contribution is -2.65. The van der Waals surface area contributed by atoms with E-state index in [-0.39, 0.29) is 30.8 Å². The van der Waals surface area contributed by atoms with Crippen molar-refractivity contribution in [2.24, 2.45) is 28.1 Å².